The number of nitrogens with zero attached hydrogens (tertiary/aromatic N) is 2. The van der Waals surface area contributed by atoms with Gasteiger partial charge in [-0.2, -0.15) is 13.2 Å². The average molecular weight is 748 g/mol. The van der Waals surface area contributed by atoms with Crippen molar-refractivity contribution >= 4 is 23.5 Å². The van der Waals surface area contributed by atoms with E-state index in [1.165, 1.54) is 25.1 Å². The molecular formula is C37H32ClF6N3O5. The number of ether oxygens (including phenoxy) is 2. The van der Waals surface area contributed by atoms with Crippen LogP contribution in [0, 0.1) is 18.6 Å². The van der Waals surface area contributed by atoms with Gasteiger partial charge in [-0.1, -0.05) is 17.7 Å². The lowest BCUT2D eigenvalue weighted by molar-refractivity contribution is -0.144. The second-order valence-corrected chi connectivity index (χ2v) is 13.0. The van der Waals surface area contributed by atoms with Gasteiger partial charge >= 0.3 is 12.1 Å². The Hall–Kier alpha value is -4.82. The molecule has 2 aliphatic rings. The fourth-order valence-electron chi connectivity index (χ4n) is 6.50. The van der Waals surface area contributed by atoms with Gasteiger partial charge in [0.15, 0.2) is 0 Å². The van der Waals surface area contributed by atoms with E-state index in [1.54, 1.807) is 30.0 Å². The zero-order chi connectivity index (χ0) is 37.5. The molecule has 4 aromatic rings. The van der Waals surface area contributed by atoms with Gasteiger partial charge in [-0.15, -0.1) is 0 Å². The molecule has 0 radical (unpaired) electrons. The van der Waals surface area contributed by atoms with Crippen molar-refractivity contribution in [2.24, 2.45) is 0 Å². The predicted octanol–water partition coefficient (Wildman–Crippen LogP) is 7.48. The minimum Gasteiger partial charge on any atom is -0.466 e. The Morgan fingerprint density at radius 1 is 1.06 bits per heavy atom. The molecule has 4 bridgehead atoms. The number of aryl methyl sites for hydroxylation is 1. The third-order valence-corrected chi connectivity index (χ3v) is 9.32. The van der Waals surface area contributed by atoms with Gasteiger partial charge in [0.1, 0.15) is 35.3 Å². The lowest BCUT2D eigenvalue weighted by Crippen LogP contribution is -2.49. The molecule has 1 fully saturated rings. The molecule has 15 heteroatoms. The van der Waals surface area contributed by atoms with Crippen molar-refractivity contribution < 1.29 is 45.4 Å². The number of nitrogens with one attached hydrogen (secondary N) is 1. The molecule has 2 aliphatic heterocycles. The minimum absolute atomic E-state index is 0.00873. The Kier molecular flexibility index (Phi) is 10.4. The van der Waals surface area contributed by atoms with Crippen LogP contribution in [-0.4, -0.2) is 53.8 Å². The van der Waals surface area contributed by atoms with Crippen molar-refractivity contribution in [1.29, 1.82) is 0 Å². The first-order chi connectivity index (χ1) is 24.6. The number of alkyl halides is 4. The molecule has 0 unspecified atom stereocenters. The van der Waals surface area contributed by atoms with Crippen molar-refractivity contribution in [2.75, 3.05) is 26.2 Å². The number of carbonyl (C=O) groups excluding carboxylic acids is 2. The lowest BCUT2D eigenvalue weighted by Gasteiger charge is -2.34. The van der Waals surface area contributed by atoms with Crippen LogP contribution in [0.25, 0.3) is 11.1 Å². The molecule has 274 valence electrons. The van der Waals surface area contributed by atoms with Crippen molar-refractivity contribution in [1.82, 2.24) is 14.8 Å². The molecule has 0 aliphatic carbocycles. The fourth-order valence-corrected chi connectivity index (χ4v) is 6.78. The summed E-state index contributed by atoms with van der Waals surface area (Å²) in [5.74, 6) is -3.70. The fraction of sp³-hybridized carbons (Fsp3) is 0.324. The monoisotopic (exact) mass is 747 g/mol. The maximum atomic E-state index is 16.0. The van der Waals surface area contributed by atoms with E-state index < -0.39 is 76.6 Å². The Bertz CT molecular complexity index is 2100. The second kappa shape index (κ2) is 14.7. The van der Waals surface area contributed by atoms with Crippen molar-refractivity contribution in [3.8, 4) is 22.6 Å². The van der Waals surface area contributed by atoms with E-state index in [-0.39, 0.29) is 60.3 Å². The summed E-state index contributed by atoms with van der Waals surface area (Å²) >= 11 is 6.63. The van der Waals surface area contributed by atoms with Crippen LogP contribution in [0.3, 0.4) is 0 Å². The van der Waals surface area contributed by atoms with Crippen LogP contribution in [-0.2, 0) is 26.9 Å². The normalized spacial score (nSPS) is 17.8. The number of hydrogen-bond donors (Lipinski definition) is 1. The third-order valence-electron chi connectivity index (χ3n) is 9.01. The number of benzene rings is 3. The number of rotatable bonds is 7. The van der Waals surface area contributed by atoms with Crippen LogP contribution in [0.5, 0.6) is 11.5 Å². The highest BCUT2D eigenvalue weighted by molar-refractivity contribution is 6.33. The molecule has 2 atom stereocenters. The van der Waals surface area contributed by atoms with E-state index in [4.69, 9.17) is 21.1 Å². The number of aromatic nitrogens is 1. The van der Waals surface area contributed by atoms with E-state index in [0.717, 1.165) is 18.3 Å². The van der Waals surface area contributed by atoms with Crippen LogP contribution in [0.2, 0.25) is 5.02 Å². The van der Waals surface area contributed by atoms with Gasteiger partial charge in [0.2, 0.25) is 5.91 Å². The highest BCUT2D eigenvalue weighted by Gasteiger charge is 2.38. The van der Waals surface area contributed by atoms with Gasteiger partial charge in [0.05, 0.1) is 29.7 Å². The molecule has 0 spiro atoms. The molecule has 1 aromatic heterocycles. The smallest absolute Gasteiger partial charge is 0.416 e. The van der Waals surface area contributed by atoms with Crippen LogP contribution in [0.1, 0.15) is 53.2 Å². The van der Waals surface area contributed by atoms with Crippen LogP contribution in [0.4, 0.5) is 26.3 Å². The number of amides is 1. The molecule has 0 saturated carbocycles. The van der Waals surface area contributed by atoms with Gasteiger partial charge in [0.25, 0.3) is 5.56 Å². The van der Waals surface area contributed by atoms with E-state index in [1.807, 2.05) is 0 Å². The Morgan fingerprint density at radius 3 is 2.50 bits per heavy atom. The summed E-state index contributed by atoms with van der Waals surface area (Å²) in [6.45, 7) is 3.02. The standard InChI is InChI=1S/C37H32ClF6N3O5/c1-3-51-32(49)15-29-25-12-21(11-19(2)34(25)41)33-27(38)5-4-6-30(33)52-23-7-8-28(40)24(13-23)35(36(50)45-29)47-16-20(9-10-46-17-22(39)18-46)26(14-31(47)48)37(42,43)44/h4-8,11-14,16,22,29,35H,3,9-10,15,17-18H2,1-2H3,(H,45,50)/t29-,35+/m0/s1. The molecular weight excluding hydrogens is 716 g/mol. The molecule has 1 N–H and O–H groups in total. The molecule has 52 heavy (non-hydrogen) atoms. The largest absolute Gasteiger partial charge is 0.466 e. The van der Waals surface area contributed by atoms with E-state index >= 15 is 8.78 Å². The zero-order valence-electron chi connectivity index (χ0n) is 27.8. The number of hydrogen-bond acceptors (Lipinski definition) is 6. The highest BCUT2D eigenvalue weighted by atomic mass is 35.5. The Balaban J connectivity index is 1.58. The maximum absolute atomic E-state index is 16.0. The van der Waals surface area contributed by atoms with Crippen LogP contribution in [0.15, 0.2) is 65.6 Å². The van der Waals surface area contributed by atoms with Crippen molar-refractivity contribution in [2.45, 2.75) is 51.1 Å². The number of likely N-dealkylation sites (tertiary alicyclic amines) is 1. The Labute approximate surface area is 298 Å². The topological polar surface area (TPSA) is 89.9 Å². The SMILES string of the molecule is CCOC(=O)C[C@@H]1NC(=O)[C@H](n2cc(CCN3CC(F)C3)c(C(F)(F)F)cc2=O)c2cc(ccc2F)Oc2cccc(Cl)c2-c2cc(C)c(F)c1c2. The molecule has 1 saturated heterocycles. The number of esters is 1. The third kappa shape index (κ3) is 7.54. The molecule has 1 amide bonds. The van der Waals surface area contributed by atoms with E-state index in [2.05, 4.69) is 5.32 Å². The minimum atomic E-state index is -4.98. The van der Waals surface area contributed by atoms with Crippen LogP contribution < -0.4 is 15.6 Å². The summed E-state index contributed by atoms with van der Waals surface area (Å²) in [4.78, 5) is 42.5. The number of pyridine rings is 1. The summed E-state index contributed by atoms with van der Waals surface area (Å²) < 4.78 is 100. The Morgan fingerprint density at radius 2 is 1.81 bits per heavy atom. The number of carbonyl (C=O) groups is 2. The van der Waals surface area contributed by atoms with Crippen molar-refractivity contribution in [3.05, 3.63) is 116 Å². The summed E-state index contributed by atoms with van der Waals surface area (Å²) in [7, 11) is 0. The van der Waals surface area contributed by atoms with Gasteiger partial charge in [-0.3, -0.25) is 23.9 Å². The van der Waals surface area contributed by atoms with Crippen LogP contribution >= 0.6 is 11.6 Å². The number of halogens is 7. The summed E-state index contributed by atoms with van der Waals surface area (Å²) in [5, 5.41) is 2.75. The quantitative estimate of drug-likeness (QED) is 0.156. The second-order valence-electron chi connectivity index (χ2n) is 12.6. The molecule has 6 rings (SSSR count). The molecule has 8 nitrogen and oxygen atoms in total. The van der Waals surface area contributed by atoms with E-state index in [9.17, 15) is 31.9 Å². The molecule has 3 aromatic carbocycles. The van der Waals surface area contributed by atoms with Gasteiger partial charge in [-0.25, -0.2) is 13.2 Å². The van der Waals surface area contributed by atoms with Gasteiger partial charge < -0.3 is 14.8 Å². The summed E-state index contributed by atoms with van der Waals surface area (Å²) in [6.07, 6.45) is -6.16. The summed E-state index contributed by atoms with van der Waals surface area (Å²) in [6, 6.07) is 7.73. The highest BCUT2D eigenvalue weighted by Crippen LogP contribution is 2.42. The first-order valence-corrected chi connectivity index (χ1v) is 16.7. The van der Waals surface area contributed by atoms with Gasteiger partial charge in [0, 0.05) is 48.6 Å². The first kappa shape index (κ1) is 37.0. The van der Waals surface area contributed by atoms with Gasteiger partial charge in [-0.05, 0) is 79.4 Å². The molecule has 3 heterocycles. The summed E-state index contributed by atoms with van der Waals surface area (Å²) in [5.41, 5.74) is -2.88. The first-order valence-electron chi connectivity index (χ1n) is 16.4. The van der Waals surface area contributed by atoms with Crippen molar-refractivity contribution in [3.63, 3.8) is 0 Å². The zero-order valence-corrected chi connectivity index (χ0v) is 28.6. The maximum Gasteiger partial charge on any atom is 0.416 e. The lowest BCUT2D eigenvalue weighted by atomic mass is 9.93. The van der Waals surface area contributed by atoms with E-state index in [0.29, 0.717) is 21.8 Å². The predicted molar refractivity (Wildman–Crippen MR) is 179 cm³/mol. The number of fused-ring (bicyclic) bond motifs is 6. The average Bonchev–Trinajstić information content (AvgIpc) is 3.06.